The molecule has 1 aliphatic carbocycles. The van der Waals surface area contributed by atoms with Gasteiger partial charge >= 0.3 is 0 Å². The number of allylic oxidation sites excluding steroid dienone is 1. The first-order chi connectivity index (χ1) is 20.0. The summed E-state index contributed by atoms with van der Waals surface area (Å²) in [4.78, 5) is 28.7. The average Bonchev–Trinajstić information content (AvgIpc) is 2.99. The Balaban J connectivity index is 1.35. The van der Waals surface area contributed by atoms with Gasteiger partial charge in [0.25, 0.3) is 0 Å². The number of nitrogens with zero attached hydrogens (tertiary/aromatic N) is 5. The fourth-order valence-corrected chi connectivity index (χ4v) is 6.21. The average molecular weight is 562 g/mol. The highest BCUT2D eigenvalue weighted by molar-refractivity contribution is 5.98. The van der Waals surface area contributed by atoms with Crippen molar-refractivity contribution >= 4 is 30.0 Å². The van der Waals surface area contributed by atoms with Crippen LogP contribution in [-0.4, -0.2) is 94.5 Å². The molecule has 1 amide bonds. The molecule has 2 saturated heterocycles. The lowest BCUT2D eigenvalue weighted by Gasteiger charge is -2.33. The third kappa shape index (κ3) is 8.27. The van der Waals surface area contributed by atoms with Crippen molar-refractivity contribution in [3.63, 3.8) is 0 Å². The second-order valence-corrected chi connectivity index (χ2v) is 11.9. The van der Waals surface area contributed by atoms with Gasteiger partial charge in [0.2, 0.25) is 11.9 Å². The Morgan fingerprint density at radius 3 is 2.59 bits per heavy atom. The highest BCUT2D eigenvalue weighted by Gasteiger charge is 2.22. The Hall–Kier alpha value is -3.01. The van der Waals surface area contributed by atoms with Crippen LogP contribution in [0.1, 0.15) is 51.0 Å². The number of morpholine rings is 1. The zero-order valence-electron chi connectivity index (χ0n) is 25.0. The number of rotatable bonds is 1. The summed E-state index contributed by atoms with van der Waals surface area (Å²) in [5.41, 5.74) is 6.89. The lowest BCUT2D eigenvalue weighted by Crippen LogP contribution is -2.36. The fourth-order valence-electron chi connectivity index (χ4n) is 6.21. The van der Waals surface area contributed by atoms with Crippen molar-refractivity contribution < 1.29 is 9.53 Å². The van der Waals surface area contributed by atoms with Gasteiger partial charge in [-0.15, -0.1) is 0 Å². The zero-order valence-corrected chi connectivity index (χ0v) is 25.0. The predicted octanol–water partition coefficient (Wildman–Crippen LogP) is 4.04. The van der Waals surface area contributed by atoms with E-state index in [9.17, 15) is 4.79 Å². The maximum absolute atomic E-state index is 12.4. The lowest BCUT2D eigenvalue weighted by atomic mass is 9.91. The van der Waals surface area contributed by atoms with Crippen LogP contribution in [0.25, 0.3) is 0 Å². The quantitative estimate of drug-likeness (QED) is 0.504. The number of carbonyl (C=O) groups excluding carboxylic acids is 1. The normalized spacial score (nSPS) is 25.7. The van der Waals surface area contributed by atoms with Crippen LogP contribution >= 0.6 is 0 Å². The van der Waals surface area contributed by atoms with Crippen molar-refractivity contribution in [2.45, 2.75) is 52.0 Å². The van der Waals surface area contributed by atoms with Crippen LogP contribution in [0.3, 0.4) is 0 Å². The van der Waals surface area contributed by atoms with Crippen molar-refractivity contribution in [2.24, 2.45) is 15.9 Å². The van der Waals surface area contributed by atoms with Gasteiger partial charge in [0, 0.05) is 50.5 Å². The van der Waals surface area contributed by atoms with E-state index in [1.165, 1.54) is 35.2 Å². The monoisotopic (exact) mass is 561 g/mol. The predicted molar refractivity (Wildman–Crippen MR) is 168 cm³/mol. The third-order valence-electron chi connectivity index (χ3n) is 8.77. The van der Waals surface area contributed by atoms with Crippen molar-refractivity contribution in [3.8, 4) is 0 Å². The lowest BCUT2D eigenvalue weighted by molar-refractivity contribution is -0.121. The van der Waals surface area contributed by atoms with E-state index < -0.39 is 0 Å². The van der Waals surface area contributed by atoms with Gasteiger partial charge < -0.3 is 25.2 Å². The molecule has 6 bridgehead atoms. The van der Waals surface area contributed by atoms with Crippen LogP contribution in [-0.2, 0) is 16.1 Å². The van der Waals surface area contributed by atoms with E-state index in [1.807, 2.05) is 0 Å². The topological polar surface area (TPSA) is 84.8 Å². The molecule has 2 N–H and O–H groups in total. The summed E-state index contributed by atoms with van der Waals surface area (Å²) in [6.07, 6.45) is 8.25. The number of piperidine rings is 1. The molecule has 6 aliphatic heterocycles. The number of hydrogen-bond acceptors (Lipinski definition) is 8. The maximum Gasteiger partial charge on any atom is 0.227 e. The number of ether oxygens (including phenoxy) is 1. The molecule has 0 spiro atoms. The summed E-state index contributed by atoms with van der Waals surface area (Å²) in [5, 5.41) is 6.58. The van der Waals surface area contributed by atoms with Crippen molar-refractivity contribution in [2.75, 3.05) is 76.3 Å². The Morgan fingerprint density at radius 2 is 1.83 bits per heavy atom. The van der Waals surface area contributed by atoms with Gasteiger partial charge in [-0.05, 0) is 119 Å². The van der Waals surface area contributed by atoms with Gasteiger partial charge in [0.05, 0.1) is 18.9 Å². The molecule has 9 nitrogen and oxygen atoms in total. The van der Waals surface area contributed by atoms with E-state index in [4.69, 9.17) is 9.73 Å². The number of carbonyl (C=O) groups is 1. The molecule has 0 aromatic heterocycles. The van der Waals surface area contributed by atoms with E-state index in [0.29, 0.717) is 18.3 Å². The number of nitrogens with one attached hydrogen (secondary N) is 2. The molecule has 0 unspecified atom stereocenters. The van der Waals surface area contributed by atoms with Crippen LogP contribution in [0.2, 0.25) is 0 Å². The first-order valence-electron chi connectivity index (χ1n) is 15.4. The van der Waals surface area contributed by atoms with Crippen LogP contribution in [0.15, 0.2) is 51.1 Å². The number of amides is 1. The van der Waals surface area contributed by atoms with Crippen LogP contribution < -0.4 is 15.5 Å². The number of hydrogen-bond donors (Lipinski definition) is 2. The van der Waals surface area contributed by atoms with E-state index in [-0.39, 0.29) is 5.91 Å². The fraction of sp³-hybridized carbons (Fsp3) is 0.594. The molecule has 0 radical (unpaired) electrons. The molecule has 1 aromatic carbocycles. The summed E-state index contributed by atoms with van der Waals surface area (Å²) in [6.45, 7) is 14.8. The molecular formula is C32H47N7O2. The summed E-state index contributed by atoms with van der Waals surface area (Å²) < 4.78 is 5.61. The van der Waals surface area contributed by atoms with Gasteiger partial charge in [-0.2, -0.15) is 0 Å². The summed E-state index contributed by atoms with van der Waals surface area (Å²) in [5.74, 6) is 1.42. The van der Waals surface area contributed by atoms with Crippen molar-refractivity contribution in [1.29, 1.82) is 0 Å². The molecule has 0 atom stereocenters. The summed E-state index contributed by atoms with van der Waals surface area (Å²) in [7, 11) is 2.13. The summed E-state index contributed by atoms with van der Waals surface area (Å²) in [6, 6.07) is 6.75. The number of likely N-dealkylation sites (N-methyl/N-ethyl adjacent to an activating group) is 1. The first kappa shape index (κ1) is 29.5. The SMILES string of the molecule is C=NC1=NC2=C(C)C(=C2)CN(C)CCCNC(=O)CCCC2CCN(CC2)Cc2cc(cc(N3CCOCC3)c2)N1. The van der Waals surface area contributed by atoms with Crippen molar-refractivity contribution in [1.82, 2.24) is 15.1 Å². The van der Waals surface area contributed by atoms with E-state index in [1.54, 1.807) is 0 Å². The van der Waals surface area contributed by atoms with E-state index in [0.717, 1.165) is 96.2 Å². The Morgan fingerprint density at radius 1 is 1.02 bits per heavy atom. The number of benzene rings is 1. The molecule has 1 aromatic rings. The maximum atomic E-state index is 12.4. The Bertz CT molecular complexity index is 1180. The molecular weight excluding hydrogens is 514 g/mol. The Labute approximate surface area is 245 Å². The second-order valence-electron chi connectivity index (χ2n) is 11.9. The van der Waals surface area contributed by atoms with Crippen LogP contribution in [0.5, 0.6) is 0 Å². The van der Waals surface area contributed by atoms with Crippen LogP contribution in [0, 0.1) is 5.92 Å². The molecule has 8 rings (SSSR count). The van der Waals surface area contributed by atoms with Crippen LogP contribution in [0.4, 0.5) is 11.4 Å². The highest BCUT2D eigenvalue weighted by atomic mass is 16.5. The van der Waals surface area contributed by atoms with Gasteiger partial charge in [0.1, 0.15) is 0 Å². The Kier molecular flexibility index (Phi) is 10.2. The van der Waals surface area contributed by atoms with Gasteiger partial charge in [-0.3, -0.25) is 9.69 Å². The number of aliphatic imine (C=N–C) groups is 2. The first-order valence-corrected chi connectivity index (χ1v) is 15.4. The van der Waals surface area contributed by atoms with E-state index in [2.05, 4.69) is 75.3 Å². The minimum Gasteiger partial charge on any atom is -0.378 e. The molecule has 2 fully saturated rings. The smallest absolute Gasteiger partial charge is 0.227 e. The zero-order chi connectivity index (χ0) is 28.6. The highest BCUT2D eigenvalue weighted by Crippen LogP contribution is 2.30. The standard InChI is InChI=1S/C32H47N7O2/c1-24-27-20-30(24)36-32(33-2)35-28-18-26(19-29(21-28)39-14-16-41-17-15-39)22-38-12-8-25(9-13-38)6-4-7-31(40)34-10-5-11-37(3)23-27/h18-21,25H,2,4-17,22-23H2,1,3H3,(H,34,40)(H,35,36). The molecule has 9 heteroatoms. The molecule has 41 heavy (non-hydrogen) atoms. The molecule has 0 saturated carbocycles. The molecule has 6 heterocycles. The number of guanidine groups is 1. The van der Waals surface area contributed by atoms with Gasteiger partial charge in [0.15, 0.2) is 0 Å². The minimum absolute atomic E-state index is 0.193. The van der Waals surface area contributed by atoms with E-state index >= 15 is 0 Å². The minimum atomic E-state index is 0.193. The summed E-state index contributed by atoms with van der Waals surface area (Å²) >= 11 is 0. The number of anilines is 2. The largest absolute Gasteiger partial charge is 0.378 e. The van der Waals surface area contributed by atoms with Gasteiger partial charge in [-0.25, -0.2) is 9.98 Å². The second kappa shape index (κ2) is 14.2. The molecule has 222 valence electrons. The molecule has 7 aliphatic rings. The van der Waals surface area contributed by atoms with Gasteiger partial charge in [-0.1, -0.05) is 0 Å². The third-order valence-corrected chi connectivity index (χ3v) is 8.77. The van der Waals surface area contributed by atoms with Crippen molar-refractivity contribution in [3.05, 3.63) is 46.7 Å².